The van der Waals surface area contributed by atoms with Gasteiger partial charge in [-0.2, -0.15) is 0 Å². The molecule has 156 valence electrons. The summed E-state index contributed by atoms with van der Waals surface area (Å²) in [5.41, 5.74) is 3.04. The number of aliphatic imine (C=N–C) groups is 1. The highest BCUT2D eigenvalue weighted by Crippen LogP contribution is 2.36. The molecule has 4 heterocycles. The molecule has 0 aliphatic carbocycles. The van der Waals surface area contributed by atoms with E-state index in [1.807, 2.05) is 48.5 Å². The van der Waals surface area contributed by atoms with Crippen LogP contribution >= 0.6 is 0 Å². The van der Waals surface area contributed by atoms with E-state index in [0.717, 1.165) is 40.0 Å². The standard InChI is InChI=1S/C23H22N6O2/c1-30-20-11-5-2-8-17(20)21-26-22-24-14-27(13-16-7-6-12-31-16)15-28(22)23-25-18-9-3-4-10-19(18)29(21)23/h2-12,21H,13-15H2,1H3,(H,24,26)/t21-/m0/s1. The van der Waals surface area contributed by atoms with Gasteiger partial charge >= 0.3 is 0 Å². The average molecular weight is 414 g/mol. The number of ether oxygens (including phenoxy) is 1. The Morgan fingerprint density at radius 2 is 1.97 bits per heavy atom. The number of nitrogens with one attached hydrogen (secondary N) is 1. The highest BCUT2D eigenvalue weighted by Gasteiger charge is 2.36. The summed E-state index contributed by atoms with van der Waals surface area (Å²) in [6.45, 7) is 1.93. The van der Waals surface area contributed by atoms with Crippen LogP contribution in [0.5, 0.6) is 5.75 Å². The number of hydrogen-bond donors (Lipinski definition) is 1. The van der Waals surface area contributed by atoms with Crippen molar-refractivity contribution >= 4 is 22.9 Å². The highest BCUT2D eigenvalue weighted by molar-refractivity contribution is 5.99. The van der Waals surface area contributed by atoms with Gasteiger partial charge in [-0.05, 0) is 30.3 Å². The van der Waals surface area contributed by atoms with E-state index in [4.69, 9.17) is 19.1 Å². The molecule has 0 radical (unpaired) electrons. The first-order chi connectivity index (χ1) is 15.3. The zero-order chi connectivity index (χ0) is 20.8. The molecule has 31 heavy (non-hydrogen) atoms. The summed E-state index contributed by atoms with van der Waals surface area (Å²) < 4.78 is 13.4. The van der Waals surface area contributed by atoms with Crippen molar-refractivity contribution in [1.29, 1.82) is 0 Å². The molecular formula is C23H22N6O2. The van der Waals surface area contributed by atoms with E-state index in [9.17, 15) is 0 Å². The van der Waals surface area contributed by atoms with Crippen molar-refractivity contribution in [2.75, 3.05) is 25.3 Å². The van der Waals surface area contributed by atoms with Crippen LogP contribution in [0.3, 0.4) is 0 Å². The fraction of sp³-hybridized carbons (Fsp3) is 0.217. The molecule has 2 aliphatic rings. The fourth-order valence-electron chi connectivity index (χ4n) is 4.34. The van der Waals surface area contributed by atoms with Gasteiger partial charge < -0.3 is 14.5 Å². The predicted molar refractivity (Wildman–Crippen MR) is 118 cm³/mol. The molecule has 0 bridgehead atoms. The molecule has 1 atom stereocenters. The predicted octanol–water partition coefficient (Wildman–Crippen LogP) is 3.38. The van der Waals surface area contributed by atoms with Gasteiger partial charge in [0.2, 0.25) is 11.9 Å². The van der Waals surface area contributed by atoms with Crippen LogP contribution < -0.4 is 15.0 Å². The normalized spacial score (nSPS) is 18.3. The number of para-hydroxylation sites is 3. The summed E-state index contributed by atoms with van der Waals surface area (Å²) >= 11 is 0. The number of aromatic nitrogens is 2. The van der Waals surface area contributed by atoms with E-state index in [0.29, 0.717) is 19.9 Å². The number of furan rings is 1. The van der Waals surface area contributed by atoms with E-state index >= 15 is 0 Å². The second-order valence-electron chi connectivity index (χ2n) is 7.66. The van der Waals surface area contributed by atoms with Gasteiger partial charge in [-0.15, -0.1) is 0 Å². The van der Waals surface area contributed by atoms with E-state index in [-0.39, 0.29) is 6.17 Å². The molecule has 4 aromatic rings. The minimum Gasteiger partial charge on any atom is -0.496 e. The van der Waals surface area contributed by atoms with Gasteiger partial charge in [0.25, 0.3) is 0 Å². The average Bonchev–Trinajstić information content (AvgIpc) is 3.46. The van der Waals surface area contributed by atoms with Crippen LogP contribution in [-0.2, 0) is 6.54 Å². The number of guanidine groups is 1. The quantitative estimate of drug-likeness (QED) is 0.552. The highest BCUT2D eigenvalue weighted by atomic mass is 16.5. The summed E-state index contributed by atoms with van der Waals surface area (Å²) in [5, 5.41) is 3.63. The van der Waals surface area contributed by atoms with Crippen molar-refractivity contribution in [3.05, 3.63) is 78.3 Å². The number of methoxy groups -OCH3 is 1. The number of benzene rings is 2. The number of rotatable bonds is 4. The summed E-state index contributed by atoms with van der Waals surface area (Å²) in [7, 11) is 1.70. The van der Waals surface area contributed by atoms with Crippen LogP contribution in [0.1, 0.15) is 17.5 Å². The van der Waals surface area contributed by atoms with Gasteiger partial charge in [-0.25, -0.2) is 9.98 Å². The second kappa shape index (κ2) is 7.17. The maximum atomic E-state index is 5.67. The third kappa shape index (κ3) is 2.95. The lowest BCUT2D eigenvalue weighted by Gasteiger charge is -2.41. The number of fused-ring (bicyclic) bond motifs is 5. The molecule has 8 nitrogen and oxygen atoms in total. The van der Waals surface area contributed by atoms with Crippen LogP contribution in [0.25, 0.3) is 11.0 Å². The van der Waals surface area contributed by atoms with Crippen LogP contribution in [0, 0.1) is 0 Å². The Kier molecular flexibility index (Phi) is 4.17. The molecule has 2 aliphatic heterocycles. The van der Waals surface area contributed by atoms with Gasteiger partial charge in [-0.3, -0.25) is 14.4 Å². The Morgan fingerprint density at radius 3 is 2.84 bits per heavy atom. The van der Waals surface area contributed by atoms with E-state index in [2.05, 4.69) is 31.8 Å². The van der Waals surface area contributed by atoms with Crippen molar-refractivity contribution < 1.29 is 9.15 Å². The van der Waals surface area contributed by atoms with Crippen molar-refractivity contribution in [3.63, 3.8) is 0 Å². The number of nitrogens with zero attached hydrogens (tertiary/aromatic N) is 5. The molecule has 0 amide bonds. The third-order valence-electron chi connectivity index (χ3n) is 5.75. The topological polar surface area (TPSA) is 71.1 Å². The molecule has 0 fully saturated rings. The Labute approximate surface area is 179 Å². The number of imidazole rings is 1. The molecule has 8 heteroatoms. The first kappa shape index (κ1) is 18.0. The zero-order valence-electron chi connectivity index (χ0n) is 17.1. The Balaban J connectivity index is 1.46. The van der Waals surface area contributed by atoms with Gasteiger partial charge in [-0.1, -0.05) is 30.3 Å². The van der Waals surface area contributed by atoms with Crippen molar-refractivity contribution in [2.24, 2.45) is 4.99 Å². The van der Waals surface area contributed by atoms with Gasteiger partial charge in [0.15, 0.2) is 0 Å². The van der Waals surface area contributed by atoms with Crippen molar-refractivity contribution in [2.45, 2.75) is 12.7 Å². The number of hydrogen-bond acceptors (Lipinski definition) is 7. The monoisotopic (exact) mass is 414 g/mol. The minimum atomic E-state index is -0.176. The molecule has 0 spiro atoms. The lowest BCUT2D eigenvalue weighted by atomic mass is 10.1. The molecule has 6 rings (SSSR count). The first-order valence-electron chi connectivity index (χ1n) is 10.2. The van der Waals surface area contributed by atoms with Crippen LogP contribution in [-0.4, -0.2) is 40.9 Å². The molecule has 1 N–H and O–H groups in total. The van der Waals surface area contributed by atoms with E-state index in [1.165, 1.54) is 0 Å². The lowest BCUT2D eigenvalue weighted by molar-refractivity contribution is 0.242. The molecule has 0 unspecified atom stereocenters. The fourth-order valence-corrected chi connectivity index (χ4v) is 4.34. The smallest absolute Gasteiger partial charge is 0.216 e. The Bertz CT molecular complexity index is 1260. The van der Waals surface area contributed by atoms with Crippen LogP contribution in [0.15, 0.2) is 76.3 Å². The van der Waals surface area contributed by atoms with Crippen molar-refractivity contribution in [1.82, 2.24) is 19.8 Å². The van der Waals surface area contributed by atoms with Crippen LogP contribution in [0.4, 0.5) is 5.95 Å². The molecule has 0 saturated heterocycles. The Morgan fingerprint density at radius 1 is 1.10 bits per heavy atom. The number of anilines is 1. The third-order valence-corrected chi connectivity index (χ3v) is 5.75. The maximum absolute atomic E-state index is 5.67. The summed E-state index contributed by atoms with van der Waals surface area (Å²) in [5.74, 6) is 3.42. The first-order valence-corrected chi connectivity index (χ1v) is 10.2. The van der Waals surface area contributed by atoms with Crippen LogP contribution in [0.2, 0.25) is 0 Å². The van der Waals surface area contributed by atoms with E-state index in [1.54, 1.807) is 13.4 Å². The largest absolute Gasteiger partial charge is 0.496 e. The summed E-state index contributed by atoms with van der Waals surface area (Å²) in [4.78, 5) is 14.2. The lowest BCUT2D eigenvalue weighted by Crippen LogP contribution is -2.57. The SMILES string of the molecule is COc1ccccc1[C@H]1NC2=NCN(Cc3ccco3)CN2c2nc3ccccc3n21. The molecule has 0 saturated carbocycles. The minimum absolute atomic E-state index is 0.176. The molecule has 2 aromatic carbocycles. The second-order valence-corrected chi connectivity index (χ2v) is 7.66. The molecular weight excluding hydrogens is 392 g/mol. The van der Waals surface area contributed by atoms with E-state index < -0.39 is 0 Å². The summed E-state index contributed by atoms with van der Waals surface area (Å²) in [6, 6.07) is 20.2. The van der Waals surface area contributed by atoms with Gasteiger partial charge in [0.1, 0.15) is 17.7 Å². The van der Waals surface area contributed by atoms with Gasteiger partial charge in [0, 0.05) is 5.56 Å². The maximum Gasteiger partial charge on any atom is 0.216 e. The van der Waals surface area contributed by atoms with Gasteiger partial charge in [0.05, 0.1) is 44.3 Å². The van der Waals surface area contributed by atoms with Crippen molar-refractivity contribution in [3.8, 4) is 5.75 Å². The zero-order valence-corrected chi connectivity index (χ0v) is 17.1. The Hall–Kier alpha value is -3.78. The summed E-state index contributed by atoms with van der Waals surface area (Å²) in [6.07, 6.45) is 1.53. The molecule has 2 aromatic heterocycles.